The van der Waals surface area contributed by atoms with E-state index in [4.69, 9.17) is 5.73 Å². The van der Waals surface area contributed by atoms with E-state index in [2.05, 4.69) is 90.3 Å². The fraction of sp³-hybridized carbons (Fsp3) is 0.0385. The fourth-order valence-electron chi connectivity index (χ4n) is 3.72. The highest BCUT2D eigenvalue weighted by atomic mass is 31.2. The van der Waals surface area contributed by atoms with Crippen LogP contribution in [0, 0.1) is 11.3 Å². The third-order valence-corrected chi connectivity index (χ3v) is 9.47. The lowest BCUT2D eigenvalue weighted by atomic mass is 10.1. The van der Waals surface area contributed by atoms with E-state index in [1.54, 1.807) is 0 Å². The molecule has 1 aliphatic carbocycles. The van der Waals surface area contributed by atoms with Gasteiger partial charge in [-0.05, 0) is 53.9 Å². The van der Waals surface area contributed by atoms with Gasteiger partial charge in [0.05, 0.1) is 5.70 Å². The van der Waals surface area contributed by atoms with Gasteiger partial charge in [0.2, 0.25) is 0 Å². The van der Waals surface area contributed by atoms with Crippen molar-refractivity contribution in [2.75, 3.05) is 6.16 Å². The zero-order chi connectivity index (χ0) is 20.1. The minimum Gasteiger partial charge on any atom is -0.392 e. The van der Waals surface area contributed by atoms with Crippen molar-refractivity contribution in [1.29, 1.82) is 5.26 Å². The molecule has 0 atom stereocenters. The molecule has 0 saturated carbocycles. The predicted molar refractivity (Wildman–Crippen MR) is 122 cm³/mol. The van der Waals surface area contributed by atoms with Crippen LogP contribution in [-0.2, 0) is 0 Å². The molecule has 2 N–H and O–H groups in total. The molecule has 0 unspecified atom stereocenters. The molecule has 4 rings (SSSR count). The van der Waals surface area contributed by atoms with E-state index in [-0.39, 0.29) is 0 Å². The summed E-state index contributed by atoms with van der Waals surface area (Å²) in [4.78, 5) is 0. The van der Waals surface area contributed by atoms with Crippen LogP contribution in [0.5, 0.6) is 0 Å². The van der Waals surface area contributed by atoms with Gasteiger partial charge in [0.25, 0.3) is 0 Å². The van der Waals surface area contributed by atoms with Crippen LogP contribution in [0.2, 0.25) is 0 Å². The van der Waals surface area contributed by atoms with E-state index in [1.165, 1.54) is 15.9 Å². The van der Waals surface area contributed by atoms with Crippen molar-refractivity contribution in [3.63, 3.8) is 0 Å². The number of rotatable bonds is 5. The van der Waals surface area contributed by atoms with Crippen LogP contribution in [0.3, 0.4) is 0 Å². The van der Waals surface area contributed by atoms with Crippen LogP contribution in [0.4, 0.5) is 0 Å². The molecule has 3 heteroatoms. The van der Waals surface area contributed by atoms with E-state index in [0.29, 0.717) is 11.3 Å². The van der Waals surface area contributed by atoms with Crippen molar-refractivity contribution in [2.45, 2.75) is 0 Å². The topological polar surface area (TPSA) is 49.8 Å². The number of nitrogens with two attached hydrogens (primary N) is 1. The van der Waals surface area contributed by atoms with Crippen LogP contribution in [-0.4, -0.2) is 6.16 Å². The van der Waals surface area contributed by atoms with Gasteiger partial charge in [-0.3, -0.25) is 0 Å². The average Bonchev–Trinajstić information content (AvgIpc) is 2.80. The highest BCUT2D eigenvalue weighted by Crippen LogP contribution is 2.57. The van der Waals surface area contributed by atoms with Crippen LogP contribution >= 0.6 is 7.26 Å². The zero-order valence-electron chi connectivity index (χ0n) is 15.9. The third kappa shape index (κ3) is 3.60. The van der Waals surface area contributed by atoms with Crippen molar-refractivity contribution in [1.82, 2.24) is 0 Å². The Morgan fingerprint density at radius 1 is 0.724 bits per heavy atom. The highest BCUT2D eigenvalue weighted by Gasteiger charge is 2.46. The molecule has 0 aromatic heterocycles. The van der Waals surface area contributed by atoms with Crippen molar-refractivity contribution >= 4 is 23.2 Å². The largest absolute Gasteiger partial charge is 0.392 e. The molecule has 0 fully saturated rings. The maximum absolute atomic E-state index is 9.37. The summed E-state index contributed by atoms with van der Waals surface area (Å²) in [5.41, 5.74) is 14.0. The van der Waals surface area contributed by atoms with Gasteiger partial charge in [-0.25, -0.2) is 0 Å². The molecule has 29 heavy (non-hydrogen) atoms. The number of nitriles is 1. The smallest absolute Gasteiger partial charge is 0.116 e. The molecule has 0 aliphatic heterocycles. The lowest BCUT2D eigenvalue weighted by Crippen LogP contribution is -2.34. The van der Waals surface area contributed by atoms with E-state index >= 15 is 0 Å². The average molecular weight is 391 g/mol. The zero-order valence-corrected chi connectivity index (χ0v) is 16.8. The molecular formula is C26H20N2P+. The lowest BCUT2D eigenvalue weighted by molar-refractivity contribution is 1.28. The van der Waals surface area contributed by atoms with E-state index in [9.17, 15) is 5.26 Å². The third-order valence-electron chi connectivity index (χ3n) is 5.12. The number of benzene rings is 3. The molecule has 0 heterocycles. The van der Waals surface area contributed by atoms with Crippen LogP contribution in [0.15, 0.2) is 125 Å². The van der Waals surface area contributed by atoms with E-state index < -0.39 is 7.26 Å². The molecule has 138 valence electrons. The second-order valence-electron chi connectivity index (χ2n) is 6.83. The molecule has 3 aromatic carbocycles. The summed E-state index contributed by atoms with van der Waals surface area (Å²) >= 11 is 0. The highest BCUT2D eigenvalue weighted by molar-refractivity contribution is 7.95. The standard InChI is InChI=1S/C26H20N2P/c27-19-21-16-17-26(28)22(18-21)20-29(23-10-4-1-5-11-23,24-12-6-2-7-13-24)25-14-8-3-9-15-25/h1-15,18H,20,28H2/q+1. The summed E-state index contributed by atoms with van der Waals surface area (Å²) in [6.45, 7) is 0. The normalized spacial score (nSPS) is 13.1. The molecule has 3 aromatic rings. The number of hydrogen-bond donors (Lipinski definition) is 1. The Hall–Kier alpha value is -3.58. The number of allylic oxidation sites excluding steroid dienone is 3. The van der Waals surface area contributed by atoms with Gasteiger partial charge >= 0.3 is 0 Å². The molecule has 0 spiro atoms. The first-order chi connectivity index (χ1) is 14.2. The van der Waals surface area contributed by atoms with E-state index in [1.807, 2.05) is 24.3 Å². The van der Waals surface area contributed by atoms with Crippen molar-refractivity contribution in [3.8, 4) is 6.07 Å². The summed E-state index contributed by atoms with van der Waals surface area (Å²) in [5, 5.41) is 13.2. The summed E-state index contributed by atoms with van der Waals surface area (Å²) in [5.74, 6) is 0. The first kappa shape index (κ1) is 18.8. The Morgan fingerprint density at radius 3 is 1.59 bits per heavy atom. The van der Waals surface area contributed by atoms with Crippen molar-refractivity contribution in [3.05, 3.63) is 125 Å². The molecule has 0 bridgehead atoms. The van der Waals surface area contributed by atoms with Gasteiger partial charge in [-0.2, -0.15) is 5.26 Å². The summed E-state index contributed by atoms with van der Waals surface area (Å²) < 4.78 is 0. The van der Waals surface area contributed by atoms with Crippen LogP contribution < -0.4 is 21.6 Å². The lowest BCUT2D eigenvalue weighted by Gasteiger charge is -2.28. The number of nitrogens with zero attached hydrogens (tertiary/aromatic N) is 1. The minimum absolute atomic E-state index is 0.460. The van der Waals surface area contributed by atoms with Crippen LogP contribution in [0.25, 0.3) is 0 Å². The molecule has 0 saturated heterocycles. The Bertz CT molecular complexity index is 1090. The van der Waals surface area contributed by atoms with Gasteiger partial charge in [0.15, 0.2) is 0 Å². The van der Waals surface area contributed by atoms with Gasteiger partial charge in [0, 0.05) is 5.57 Å². The second-order valence-corrected chi connectivity index (χ2v) is 10.3. The Morgan fingerprint density at radius 2 is 1.17 bits per heavy atom. The Kier molecular flexibility index (Phi) is 5.31. The molecule has 0 radical (unpaired) electrons. The molecule has 1 aliphatic rings. The summed E-state index contributed by atoms with van der Waals surface area (Å²) in [6, 6.07) is 34.0. The van der Waals surface area contributed by atoms with Crippen molar-refractivity contribution in [2.24, 2.45) is 5.73 Å². The van der Waals surface area contributed by atoms with Gasteiger partial charge in [0.1, 0.15) is 41.0 Å². The fourth-order valence-corrected chi connectivity index (χ4v) is 7.98. The number of hydrogen-bond acceptors (Lipinski definition) is 2. The molecule has 2 nitrogen and oxygen atoms in total. The molecule has 0 amide bonds. The summed E-state index contributed by atoms with van der Waals surface area (Å²) in [7, 11) is -2.06. The van der Waals surface area contributed by atoms with Crippen LogP contribution in [0.1, 0.15) is 0 Å². The van der Waals surface area contributed by atoms with Gasteiger partial charge in [-0.15, -0.1) is 0 Å². The Labute approximate surface area is 172 Å². The summed E-state index contributed by atoms with van der Waals surface area (Å²) in [6.07, 6.45) is 2.58. The Balaban J connectivity index is 2.00. The maximum atomic E-state index is 9.37. The van der Waals surface area contributed by atoms with Gasteiger partial charge in [-0.1, -0.05) is 54.6 Å². The molecular weight excluding hydrogens is 371 g/mol. The predicted octanol–water partition coefficient (Wildman–Crippen LogP) is 3.97. The second kappa shape index (κ2) is 8.20. The minimum atomic E-state index is -2.06. The van der Waals surface area contributed by atoms with Gasteiger partial charge < -0.3 is 5.73 Å². The van der Waals surface area contributed by atoms with E-state index in [0.717, 1.165) is 11.7 Å². The first-order valence-corrected chi connectivity index (χ1v) is 11.4. The van der Waals surface area contributed by atoms with Crippen molar-refractivity contribution < 1.29 is 0 Å². The monoisotopic (exact) mass is 391 g/mol. The quantitative estimate of drug-likeness (QED) is 0.529. The maximum Gasteiger partial charge on any atom is 0.116 e. The first-order valence-electron chi connectivity index (χ1n) is 9.41. The SMILES string of the molecule is N#CC1=C=C=C(N)C(C[P+](c2ccccc2)(c2ccccc2)c2ccccc2)=C1.